The van der Waals surface area contributed by atoms with Gasteiger partial charge in [-0.1, -0.05) is 43.6 Å². The molecule has 1 N–H and O–H groups in total. The highest BCUT2D eigenvalue weighted by Crippen LogP contribution is 2.40. The summed E-state index contributed by atoms with van der Waals surface area (Å²) in [4.78, 5) is 0. The van der Waals surface area contributed by atoms with Gasteiger partial charge in [0.15, 0.2) is 0 Å². The molecule has 1 unspecified atom stereocenters. The largest absolute Gasteiger partial charge is 0.493 e. The lowest BCUT2D eigenvalue weighted by Crippen LogP contribution is -2.06. The lowest BCUT2D eigenvalue weighted by Gasteiger charge is -2.16. The number of aromatic nitrogens is 2. The SMILES string of the molecule is CC(C)c1nn(C)c(Cl)c1C(O)c1cccc2c1OCC2. The number of nitrogens with zero attached hydrogens (tertiary/aromatic N) is 2. The number of ether oxygens (including phenoxy) is 1. The van der Waals surface area contributed by atoms with Crippen molar-refractivity contribution in [1.29, 1.82) is 0 Å². The van der Waals surface area contributed by atoms with Crippen molar-refractivity contribution in [2.24, 2.45) is 7.05 Å². The minimum absolute atomic E-state index is 0.186. The van der Waals surface area contributed by atoms with E-state index >= 15 is 0 Å². The van der Waals surface area contributed by atoms with Gasteiger partial charge in [-0.25, -0.2) is 0 Å². The highest BCUT2D eigenvalue weighted by molar-refractivity contribution is 6.30. The highest BCUT2D eigenvalue weighted by atomic mass is 35.5. The number of hydrogen-bond donors (Lipinski definition) is 1. The predicted molar refractivity (Wildman–Crippen MR) is 82.0 cm³/mol. The van der Waals surface area contributed by atoms with E-state index in [0.717, 1.165) is 29.0 Å². The lowest BCUT2D eigenvalue weighted by atomic mass is 9.95. The van der Waals surface area contributed by atoms with Gasteiger partial charge in [0.25, 0.3) is 0 Å². The van der Waals surface area contributed by atoms with Gasteiger partial charge in [-0.2, -0.15) is 5.10 Å². The number of para-hydroxylation sites is 1. The molecule has 112 valence electrons. The molecule has 1 aromatic heterocycles. The van der Waals surface area contributed by atoms with Crippen molar-refractivity contribution < 1.29 is 9.84 Å². The van der Waals surface area contributed by atoms with Crippen LogP contribution in [0.3, 0.4) is 0 Å². The van der Waals surface area contributed by atoms with E-state index in [9.17, 15) is 5.11 Å². The second-order valence-electron chi connectivity index (χ2n) is 5.70. The van der Waals surface area contributed by atoms with Crippen molar-refractivity contribution >= 4 is 11.6 Å². The molecule has 1 aliphatic heterocycles. The number of hydrogen-bond acceptors (Lipinski definition) is 3. The van der Waals surface area contributed by atoms with E-state index in [-0.39, 0.29) is 5.92 Å². The Kier molecular flexibility index (Phi) is 3.68. The third kappa shape index (κ3) is 2.32. The lowest BCUT2D eigenvalue weighted by molar-refractivity contribution is 0.212. The Labute approximate surface area is 129 Å². The summed E-state index contributed by atoms with van der Waals surface area (Å²) in [6.45, 7) is 4.75. The van der Waals surface area contributed by atoms with E-state index in [1.807, 2.05) is 32.0 Å². The second-order valence-corrected chi connectivity index (χ2v) is 6.06. The van der Waals surface area contributed by atoms with Gasteiger partial charge in [0, 0.05) is 24.6 Å². The Hall–Kier alpha value is -1.52. The fraction of sp³-hybridized carbons (Fsp3) is 0.438. The number of rotatable bonds is 3. The van der Waals surface area contributed by atoms with Crippen molar-refractivity contribution in [3.05, 3.63) is 45.7 Å². The molecule has 0 amide bonds. The first kappa shape index (κ1) is 14.4. The average molecular weight is 307 g/mol. The Morgan fingerprint density at radius 2 is 2.14 bits per heavy atom. The maximum atomic E-state index is 10.9. The number of benzene rings is 1. The van der Waals surface area contributed by atoms with E-state index in [2.05, 4.69) is 5.10 Å². The van der Waals surface area contributed by atoms with Crippen molar-refractivity contribution in [3.63, 3.8) is 0 Å². The van der Waals surface area contributed by atoms with E-state index in [1.165, 1.54) is 0 Å². The van der Waals surface area contributed by atoms with Crippen molar-refractivity contribution in [2.45, 2.75) is 32.3 Å². The highest BCUT2D eigenvalue weighted by Gasteiger charge is 2.28. The van der Waals surface area contributed by atoms with Crippen LogP contribution in [0.4, 0.5) is 0 Å². The molecule has 3 rings (SSSR count). The molecule has 0 radical (unpaired) electrons. The number of fused-ring (bicyclic) bond motifs is 1. The summed E-state index contributed by atoms with van der Waals surface area (Å²) >= 11 is 6.35. The second kappa shape index (κ2) is 5.35. The maximum absolute atomic E-state index is 10.9. The van der Waals surface area contributed by atoms with Crippen LogP contribution in [0.15, 0.2) is 18.2 Å². The third-order valence-electron chi connectivity index (χ3n) is 3.90. The van der Waals surface area contributed by atoms with Gasteiger partial charge in [-0.3, -0.25) is 4.68 Å². The van der Waals surface area contributed by atoms with Crippen LogP contribution in [0.1, 0.15) is 48.3 Å². The molecule has 1 aromatic carbocycles. The van der Waals surface area contributed by atoms with Crippen molar-refractivity contribution in [2.75, 3.05) is 6.61 Å². The summed E-state index contributed by atoms with van der Waals surface area (Å²) in [5.74, 6) is 0.977. The zero-order chi connectivity index (χ0) is 15.1. The predicted octanol–water partition coefficient (Wildman–Crippen LogP) is 3.21. The summed E-state index contributed by atoms with van der Waals surface area (Å²) < 4.78 is 7.30. The minimum Gasteiger partial charge on any atom is -0.493 e. The molecule has 0 saturated heterocycles. The first-order chi connectivity index (χ1) is 10.0. The Bertz CT molecular complexity index is 679. The van der Waals surface area contributed by atoms with E-state index in [1.54, 1.807) is 11.7 Å². The van der Waals surface area contributed by atoms with Crippen LogP contribution in [-0.4, -0.2) is 21.5 Å². The van der Waals surface area contributed by atoms with Gasteiger partial charge in [0.05, 0.1) is 12.3 Å². The molecule has 4 nitrogen and oxygen atoms in total. The number of aryl methyl sites for hydroxylation is 1. The van der Waals surface area contributed by atoms with E-state index in [0.29, 0.717) is 17.3 Å². The minimum atomic E-state index is -0.823. The zero-order valence-electron chi connectivity index (χ0n) is 12.4. The number of aliphatic hydroxyl groups excluding tert-OH is 1. The molecule has 2 heterocycles. The summed E-state index contributed by atoms with van der Waals surface area (Å²) in [5.41, 5.74) is 3.41. The molecular formula is C16H19ClN2O2. The van der Waals surface area contributed by atoms with Gasteiger partial charge in [-0.15, -0.1) is 0 Å². The Morgan fingerprint density at radius 1 is 1.38 bits per heavy atom. The summed E-state index contributed by atoms with van der Waals surface area (Å²) in [6, 6.07) is 5.88. The molecule has 1 aliphatic rings. The molecule has 5 heteroatoms. The summed E-state index contributed by atoms with van der Waals surface area (Å²) in [7, 11) is 1.79. The standard InChI is InChI=1S/C16H19ClN2O2/c1-9(2)13-12(16(17)19(3)18-13)14(20)11-6-4-5-10-7-8-21-15(10)11/h4-6,9,14,20H,7-8H2,1-3H3. The first-order valence-corrected chi connectivity index (χ1v) is 7.53. The Balaban J connectivity index is 2.12. The van der Waals surface area contributed by atoms with Crippen LogP contribution in [-0.2, 0) is 13.5 Å². The zero-order valence-corrected chi connectivity index (χ0v) is 13.2. The number of halogens is 1. The average Bonchev–Trinajstić information content (AvgIpc) is 3.03. The van der Waals surface area contributed by atoms with Crippen molar-refractivity contribution in [1.82, 2.24) is 9.78 Å². The normalized spacial score (nSPS) is 15.1. The van der Waals surface area contributed by atoms with Crippen LogP contribution < -0.4 is 4.74 Å². The molecule has 0 spiro atoms. The Morgan fingerprint density at radius 3 is 2.86 bits per heavy atom. The van der Waals surface area contributed by atoms with Gasteiger partial charge >= 0.3 is 0 Å². The maximum Gasteiger partial charge on any atom is 0.133 e. The summed E-state index contributed by atoms with van der Waals surface area (Å²) in [6.07, 6.45) is 0.0601. The molecular weight excluding hydrogens is 288 g/mol. The van der Waals surface area contributed by atoms with Crippen LogP contribution in [0.5, 0.6) is 5.75 Å². The van der Waals surface area contributed by atoms with Crippen LogP contribution >= 0.6 is 11.6 Å². The first-order valence-electron chi connectivity index (χ1n) is 7.15. The molecule has 2 aromatic rings. The van der Waals surface area contributed by atoms with Crippen molar-refractivity contribution in [3.8, 4) is 5.75 Å². The monoisotopic (exact) mass is 306 g/mol. The molecule has 1 atom stereocenters. The third-order valence-corrected chi connectivity index (χ3v) is 4.35. The fourth-order valence-electron chi connectivity index (χ4n) is 2.83. The molecule has 0 aliphatic carbocycles. The smallest absolute Gasteiger partial charge is 0.133 e. The van der Waals surface area contributed by atoms with E-state index < -0.39 is 6.10 Å². The number of aliphatic hydroxyl groups is 1. The molecule has 0 saturated carbocycles. The molecule has 21 heavy (non-hydrogen) atoms. The van der Waals surface area contributed by atoms with Crippen LogP contribution in [0.25, 0.3) is 0 Å². The van der Waals surface area contributed by atoms with Gasteiger partial charge in [0.1, 0.15) is 17.0 Å². The van der Waals surface area contributed by atoms with E-state index in [4.69, 9.17) is 16.3 Å². The van der Waals surface area contributed by atoms with Gasteiger partial charge < -0.3 is 9.84 Å². The topological polar surface area (TPSA) is 47.3 Å². The molecule has 0 fully saturated rings. The van der Waals surface area contributed by atoms with Gasteiger partial charge in [-0.05, 0) is 11.5 Å². The van der Waals surface area contributed by atoms with Gasteiger partial charge in [0.2, 0.25) is 0 Å². The van der Waals surface area contributed by atoms with Crippen LogP contribution in [0.2, 0.25) is 5.15 Å². The quantitative estimate of drug-likeness (QED) is 0.947. The fourth-order valence-corrected chi connectivity index (χ4v) is 3.07. The summed E-state index contributed by atoms with van der Waals surface area (Å²) in [5, 5.41) is 15.8. The molecule has 0 bridgehead atoms. The van der Waals surface area contributed by atoms with Crippen LogP contribution in [0, 0.1) is 0 Å².